The maximum atomic E-state index is 14.0. The van der Waals surface area contributed by atoms with Gasteiger partial charge in [-0.1, -0.05) is 72.8 Å². The van der Waals surface area contributed by atoms with Crippen molar-refractivity contribution in [1.82, 2.24) is 5.32 Å². The van der Waals surface area contributed by atoms with E-state index >= 15 is 0 Å². The monoisotopic (exact) mass is 481 g/mol. The Labute approximate surface area is 211 Å². The van der Waals surface area contributed by atoms with Crippen molar-refractivity contribution in [2.75, 3.05) is 13.2 Å². The number of nitrogens with one attached hydrogen (secondary N) is 1. The number of Topliss-reactive ketones (excluding diaryl/α,β-unsaturated/α-hetero) is 1. The third-order valence-corrected chi connectivity index (χ3v) is 8.97. The Morgan fingerprint density at radius 2 is 1.72 bits per heavy atom. The molecule has 5 nitrogen and oxygen atoms in total. The van der Waals surface area contributed by atoms with E-state index in [0.717, 1.165) is 29.5 Å². The number of ether oxygens (including phenoxy) is 1. The molecule has 5 atom stereocenters. The maximum Gasteiger partial charge on any atom is 0.311 e. The smallest absolute Gasteiger partial charge is 0.311 e. The van der Waals surface area contributed by atoms with E-state index in [1.807, 2.05) is 61.5 Å². The summed E-state index contributed by atoms with van der Waals surface area (Å²) >= 11 is 0. The summed E-state index contributed by atoms with van der Waals surface area (Å²) in [6, 6.07) is 25.6. The number of carbonyl (C=O) groups excluding carboxylic acids is 1. The van der Waals surface area contributed by atoms with Gasteiger partial charge in [-0.2, -0.15) is 0 Å². The molecule has 0 radical (unpaired) electrons. The minimum atomic E-state index is -1.04. The van der Waals surface area contributed by atoms with Gasteiger partial charge in [0.25, 0.3) is 0 Å². The highest BCUT2D eigenvalue weighted by Crippen LogP contribution is 2.69. The van der Waals surface area contributed by atoms with Gasteiger partial charge in [-0.05, 0) is 42.5 Å². The van der Waals surface area contributed by atoms with E-state index in [1.54, 1.807) is 0 Å². The number of fused-ring (bicyclic) bond motifs is 1. The molecule has 3 aromatic rings. The van der Waals surface area contributed by atoms with Crippen LogP contribution in [0.1, 0.15) is 47.9 Å². The Balaban J connectivity index is 1.51. The first-order chi connectivity index (χ1) is 17.5. The van der Waals surface area contributed by atoms with Crippen LogP contribution in [0.15, 0.2) is 78.9 Å². The lowest BCUT2D eigenvalue weighted by Gasteiger charge is -2.60. The summed E-state index contributed by atoms with van der Waals surface area (Å²) in [5.41, 5.74) is 2.67. The average molecular weight is 482 g/mol. The minimum Gasteiger partial charge on any atom is -0.494 e. The van der Waals surface area contributed by atoms with Gasteiger partial charge in [-0.3, -0.25) is 9.59 Å². The Bertz CT molecular complexity index is 1320. The first-order valence-corrected chi connectivity index (χ1v) is 12.9. The molecule has 1 saturated heterocycles. The summed E-state index contributed by atoms with van der Waals surface area (Å²) in [7, 11) is 0. The molecule has 3 aliphatic carbocycles. The van der Waals surface area contributed by atoms with Crippen LogP contribution in [0, 0.1) is 11.3 Å². The normalized spacial score (nSPS) is 29.9. The summed E-state index contributed by atoms with van der Waals surface area (Å²) in [6.45, 7) is 2.75. The van der Waals surface area contributed by atoms with Gasteiger partial charge in [0.2, 0.25) is 0 Å². The van der Waals surface area contributed by atoms with Crippen LogP contribution in [0.25, 0.3) is 0 Å². The van der Waals surface area contributed by atoms with Crippen molar-refractivity contribution in [2.24, 2.45) is 11.3 Å². The topological polar surface area (TPSA) is 75.6 Å². The number of aliphatic carboxylic acids is 1. The number of carbonyl (C=O) groups is 2. The van der Waals surface area contributed by atoms with Gasteiger partial charge in [0.05, 0.1) is 18.1 Å². The van der Waals surface area contributed by atoms with Gasteiger partial charge in [-0.15, -0.1) is 0 Å². The number of rotatable bonds is 7. The summed E-state index contributed by atoms with van der Waals surface area (Å²) in [6.07, 6.45) is 1.83. The molecule has 1 saturated carbocycles. The molecule has 2 bridgehead atoms. The van der Waals surface area contributed by atoms with E-state index in [0.29, 0.717) is 18.9 Å². The third-order valence-electron chi connectivity index (χ3n) is 8.97. The molecular formula is C31H31NO4. The quantitative estimate of drug-likeness (QED) is 0.510. The van der Waals surface area contributed by atoms with Gasteiger partial charge in [-0.25, -0.2) is 0 Å². The Morgan fingerprint density at radius 1 is 1.00 bits per heavy atom. The van der Waals surface area contributed by atoms with Gasteiger partial charge in [0.1, 0.15) is 5.75 Å². The molecule has 2 N–H and O–H groups in total. The first kappa shape index (κ1) is 23.0. The molecule has 7 rings (SSSR count). The van der Waals surface area contributed by atoms with Crippen molar-refractivity contribution in [1.29, 1.82) is 0 Å². The van der Waals surface area contributed by atoms with E-state index in [2.05, 4.69) is 29.6 Å². The SMILES string of the molecule is CCOc1ccccc1CC(=O)C1NCC2(C(=O)O)C3CCC(c4ccccc4)(c4ccccc43)C12. The van der Waals surface area contributed by atoms with Gasteiger partial charge >= 0.3 is 5.97 Å². The zero-order valence-corrected chi connectivity index (χ0v) is 20.4. The molecule has 0 spiro atoms. The zero-order chi connectivity index (χ0) is 24.9. The van der Waals surface area contributed by atoms with Crippen LogP contribution in [-0.4, -0.2) is 36.1 Å². The Hall–Kier alpha value is -3.44. The lowest BCUT2D eigenvalue weighted by atomic mass is 9.41. The van der Waals surface area contributed by atoms with Crippen molar-refractivity contribution in [3.63, 3.8) is 0 Å². The predicted octanol–water partition coefficient (Wildman–Crippen LogP) is 4.73. The largest absolute Gasteiger partial charge is 0.494 e. The van der Waals surface area contributed by atoms with Crippen LogP contribution in [0.2, 0.25) is 0 Å². The highest BCUT2D eigenvalue weighted by atomic mass is 16.5. The lowest BCUT2D eigenvalue weighted by Crippen LogP contribution is -2.62. The van der Waals surface area contributed by atoms with E-state index in [9.17, 15) is 14.7 Å². The van der Waals surface area contributed by atoms with Crippen LogP contribution in [0.4, 0.5) is 0 Å². The van der Waals surface area contributed by atoms with Crippen LogP contribution >= 0.6 is 0 Å². The highest BCUT2D eigenvalue weighted by Gasteiger charge is 2.72. The van der Waals surface area contributed by atoms with Crippen molar-refractivity contribution < 1.29 is 19.4 Å². The van der Waals surface area contributed by atoms with Crippen LogP contribution < -0.4 is 10.1 Å². The second kappa shape index (κ2) is 8.59. The maximum absolute atomic E-state index is 14.0. The number of para-hydroxylation sites is 1. The third kappa shape index (κ3) is 3.05. The molecular weight excluding hydrogens is 450 g/mol. The Kier molecular flexibility index (Phi) is 5.49. The highest BCUT2D eigenvalue weighted by molar-refractivity contribution is 5.91. The first-order valence-electron chi connectivity index (χ1n) is 12.9. The molecule has 36 heavy (non-hydrogen) atoms. The molecule has 5 heteroatoms. The minimum absolute atomic E-state index is 0.0237. The molecule has 5 unspecified atom stereocenters. The fraction of sp³-hybridized carbons (Fsp3) is 0.355. The molecule has 3 aromatic carbocycles. The molecule has 1 heterocycles. The predicted molar refractivity (Wildman–Crippen MR) is 137 cm³/mol. The Morgan fingerprint density at radius 3 is 2.50 bits per heavy atom. The number of benzene rings is 3. The number of carboxylic acid groups (broad SMARTS) is 1. The van der Waals surface area contributed by atoms with Crippen molar-refractivity contribution in [3.05, 3.63) is 101 Å². The molecule has 4 aliphatic rings. The fourth-order valence-corrected chi connectivity index (χ4v) is 7.71. The molecule has 0 aromatic heterocycles. The number of hydrogen-bond acceptors (Lipinski definition) is 4. The van der Waals surface area contributed by atoms with Gasteiger partial charge in [0, 0.05) is 35.8 Å². The fourth-order valence-electron chi connectivity index (χ4n) is 7.71. The van der Waals surface area contributed by atoms with Crippen molar-refractivity contribution >= 4 is 11.8 Å². The summed E-state index contributed by atoms with van der Waals surface area (Å²) in [4.78, 5) is 27.3. The van der Waals surface area contributed by atoms with Gasteiger partial charge in [0.15, 0.2) is 5.78 Å². The number of carboxylic acids is 1. The van der Waals surface area contributed by atoms with Gasteiger partial charge < -0.3 is 15.2 Å². The molecule has 0 amide bonds. The van der Waals surface area contributed by atoms with Crippen LogP contribution in [0.3, 0.4) is 0 Å². The second-order valence-electron chi connectivity index (χ2n) is 10.4. The zero-order valence-electron chi connectivity index (χ0n) is 20.4. The van der Waals surface area contributed by atoms with E-state index < -0.39 is 22.8 Å². The molecule has 2 fully saturated rings. The van der Waals surface area contributed by atoms with Crippen LogP contribution in [-0.2, 0) is 21.4 Å². The van der Waals surface area contributed by atoms with E-state index in [4.69, 9.17) is 4.74 Å². The summed E-state index contributed by atoms with van der Waals surface area (Å²) < 4.78 is 5.78. The van der Waals surface area contributed by atoms with Crippen molar-refractivity contribution in [3.8, 4) is 5.75 Å². The lowest BCUT2D eigenvalue weighted by molar-refractivity contribution is -0.158. The standard InChI is InChI=1S/C31H31NO4/c1-2-36-26-15-9-6-10-20(26)18-25(33)27-28-30(21-11-4-3-5-12-21)17-16-24(22-13-7-8-14-23(22)30)31(28,19-32-27)29(34)35/h3-15,24,27-28,32H,2,16-19H2,1H3,(H,34,35). The summed E-state index contributed by atoms with van der Waals surface area (Å²) in [5, 5.41) is 14.3. The number of ketones is 1. The molecule has 1 aliphatic heterocycles. The number of hydrogen-bond donors (Lipinski definition) is 2. The van der Waals surface area contributed by atoms with Crippen LogP contribution in [0.5, 0.6) is 5.75 Å². The average Bonchev–Trinajstić information content (AvgIpc) is 3.35. The van der Waals surface area contributed by atoms with E-state index in [-0.39, 0.29) is 24.0 Å². The van der Waals surface area contributed by atoms with E-state index in [1.165, 1.54) is 5.56 Å². The summed E-state index contributed by atoms with van der Waals surface area (Å²) in [5.74, 6) is -0.572. The van der Waals surface area contributed by atoms with Crippen molar-refractivity contribution in [2.45, 2.75) is 43.6 Å². The second-order valence-corrected chi connectivity index (χ2v) is 10.4. The molecule has 184 valence electrons.